The molecule has 2 aromatic carbocycles. The first-order valence-electron chi connectivity index (χ1n) is 7.43. The summed E-state index contributed by atoms with van der Waals surface area (Å²) in [7, 11) is 0. The number of Topliss-reactive ketones (excluding diaryl/α,β-unsaturated/α-hetero) is 1. The van der Waals surface area contributed by atoms with Crippen LogP contribution in [-0.4, -0.2) is 17.3 Å². The molecule has 120 valence electrons. The van der Waals surface area contributed by atoms with Crippen LogP contribution in [0.1, 0.15) is 20.8 Å². The van der Waals surface area contributed by atoms with Crippen LogP contribution in [0.2, 0.25) is 0 Å². The van der Waals surface area contributed by atoms with Gasteiger partial charge in [-0.05, 0) is 28.1 Å². The van der Waals surface area contributed by atoms with E-state index in [0.29, 0.717) is 11.3 Å². The minimum atomic E-state index is -0.474. The number of carbonyl (C=O) groups is 2. The molecule has 0 radical (unpaired) electrons. The van der Waals surface area contributed by atoms with Crippen molar-refractivity contribution >= 4 is 38.6 Å². The number of para-hydroxylation sites is 1. The number of ketones is 1. The summed E-state index contributed by atoms with van der Waals surface area (Å²) in [4.78, 5) is 24.9. The van der Waals surface area contributed by atoms with Gasteiger partial charge in [0, 0.05) is 23.1 Å². The van der Waals surface area contributed by atoms with Crippen molar-refractivity contribution < 1.29 is 18.9 Å². The fraction of sp³-hybridized carbons (Fsp3) is 0.105. The highest BCUT2D eigenvalue weighted by atomic mass is 79.9. The molecule has 3 rings (SSSR count). The second-order valence-corrected chi connectivity index (χ2v) is 5.65. The van der Waals surface area contributed by atoms with Gasteiger partial charge in [0.15, 0.2) is 0 Å². The van der Waals surface area contributed by atoms with Crippen molar-refractivity contribution in [3.8, 4) is 0 Å². The number of pyridine rings is 1. The van der Waals surface area contributed by atoms with Crippen LogP contribution in [0.4, 0.5) is 0 Å². The Balaban J connectivity index is 2.08. The van der Waals surface area contributed by atoms with E-state index < -0.39 is 5.97 Å². The quantitative estimate of drug-likeness (QED) is 0.292. The van der Waals surface area contributed by atoms with Crippen molar-refractivity contribution in [2.75, 3.05) is 5.52 Å². The summed E-state index contributed by atoms with van der Waals surface area (Å²) in [5.41, 5.74) is 1.87. The van der Waals surface area contributed by atoms with Gasteiger partial charge in [0.05, 0.1) is 0 Å². The molecule has 0 aliphatic rings. The Labute approximate surface area is 147 Å². The maximum absolute atomic E-state index is 12.6. The van der Waals surface area contributed by atoms with Crippen molar-refractivity contribution in [3.05, 3.63) is 78.0 Å². The van der Waals surface area contributed by atoms with Gasteiger partial charge in [-0.1, -0.05) is 42.5 Å². The largest absolute Gasteiger partial charge is 0.446 e. The third-order valence-electron chi connectivity index (χ3n) is 3.73. The van der Waals surface area contributed by atoms with Crippen molar-refractivity contribution in [1.82, 2.24) is 0 Å². The molecule has 0 bridgehead atoms. The third kappa shape index (κ3) is 3.36. The number of benzene rings is 2. The SMILES string of the molecule is O=C(C[n+]1c(C(=O)OCBr)ccc2ccccc21)c1ccccc1. The number of rotatable bonds is 5. The molecular formula is C19H15BrNO3+. The Morgan fingerprint density at radius 3 is 2.38 bits per heavy atom. The van der Waals surface area contributed by atoms with Crippen LogP contribution in [0, 0.1) is 0 Å². The van der Waals surface area contributed by atoms with Crippen LogP contribution in [0.5, 0.6) is 0 Å². The standard InChI is InChI=1S/C19H15BrNO3/c20-13-24-19(23)17-11-10-14-6-4-5-9-16(14)21(17)12-18(22)15-7-2-1-3-8-15/h1-11H,12-13H2/q+1. The van der Waals surface area contributed by atoms with E-state index in [1.54, 1.807) is 22.8 Å². The number of hydrogen-bond donors (Lipinski definition) is 0. The number of ether oxygens (including phenoxy) is 1. The first-order chi connectivity index (χ1) is 11.7. The summed E-state index contributed by atoms with van der Waals surface area (Å²) < 4.78 is 6.75. The van der Waals surface area contributed by atoms with Gasteiger partial charge < -0.3 is 4.74 Å². The van der Waals surface area contributed by atoms with Crippen molar-refractivity contribution in [1.29, 1.82) is 0 Å². The molecule has 0 fully saturated rings. The molecule has 0 saturated carbocycles. The molecule has 0 unspecified atom stereocenters. The molecule has 3 aromatic rings. The highest BCUT2D eigenvalue weighted by Crippen LogP contribution is 2.12. The highest BCUT2D eigenvalue weighted by molar-refractivity contribution is 9.09. The Morgan fingerprint density at radius 1 is 0.917 bits per heavy atom. The lowest BCUT2D eigenvalue weighted by molar-refractivity contribution is -0.659. The fourth-order valence-corrected chi connectivity index (χ4v) is 2.80. The zero-order chi connectivity index (χ0) is 16.9. The molecule has 0 amide bonds. The molecule has 24 heavy (non-hydrogen) atoms. The molecule has 0 saturated heterocycles. The minimum absolute atomic E-state index is 0.0650. The molecule has 5 heteroatoms. The second-order valence-electron chi connectivity index (χ2n) is 5.19. The van der Waals surface area contributed by atoms with E-state index in [1.165, 1.54) is 0 Å². The van der Waals surface area contributed by atoms with E-state index in [1.807, 2.05) is 48.5 Å². The smallest absolute Gasteiger partial charge is 0.404 e. The van der Waals surface area contributed by atoms with Gasteiger partial charge in [-0.25, -0.2) is 4.79 Å². The van der Waals surface area contributed by atoms with Crippen molar-refractivity contribution in [3.63, 3.8) is 0 Å². The minimum Gasteiger partial charge on any atom is -0.446 e. The number of alkyl halides is 1. The van der Waals surface area contributed by atoms with E-state index >= 15 is 0 Å². The molecule has 0 atom stereocenters. The van der Waals surface area contributed by atoms with Crippen LogP contribution >= 0.6 is 15.9 Å². The lowest BCUT2D eigenvalue weighted by Crippen LogP contribution is -2.44. The van der Waals surface area contributed by atoms with Crippen LogP contribution in [0.3, 0.4) is 0 Å². The lowest BCUT2D eigenvalue weighted by atomic mass is 10.1. The summed E-state index contributed by atoms with van der Waals surface area (Å²) >= 11 is 3.09. The molecule has 0 spiro atoms. The predicted molar refractivity (Wildman–Crippen MR) is 94.1 cm³/mol. The van der Waals surface area contributed by atoms with Gasteiger partial charge in [-0.3, -0.25) is 4.79 Å². The fourth-order valence-electron chi connectivity index (χ4n) is 2.59. The number of aromatic nitrogens is 1. The second kappa shape index (κ2) is 7.36. The normalized spacial score (nSPS) is 10.5. The molecule has 0 aliphatic heterocycles. The zero-order valence-corrected chi connectivity index (χ0v) is 14.4. The summed E-state index contributed by atoms with van der Waals surface area (Å²) in [6.45, 7) is 0.0675. The van der Waals surface area contributed by atoms with Gasteiger partial charge in [0.2, 0.25) is 17.8 Å². The summed E-state index contributed by atoms with van der Waals surface area (Å²) in [6, 6.07) is 20.2. The van der Waals surface area contributed by atoms with Crippen LogP contribution in [0.25, 0.3) is 10.9 Å². The Bertz CT molecular complexity index is 894. The highest BCUT2D eigenvalue weighted by Gasteiger charge is 2.26. The number of halogens is 1. The van der Waals surface area contributed by atoms with Gasteiger partial charge in [-0.15, -0.1) is 0 Å². The lowest BCUT2D eigenvalue weighted by Gasteiger charge is -2.06. The van der Waals surface area contributed by atoms with E-state index in [0.717, 1.165) is 10.9 Å². The monoisotopic (exact) mass is 384 g/mol. The molecule has 1 aromatic heterocycles. The average molecular weight is 385 g/mol. The van der Waals surface area contributed by atoms with Gasteiger partial charge in [-0.2, -0.15) is 4.57 Å². The van der Waals surface area contributed by atoms with Crippen LogP contribution in [0.15, 0.2) is 66.7 Å². The van der Waals surface area contributed by atoms with Crippen molar-refractivity contribution in [2.45, 2.75) is 6.54 Å². The summed E-state index contributed by atoms with van der Waals surface area (Å²) in [6.07, 6.45) is 0. The molecule has 4 nitrogen and oxygen atoms in total. The third-order valence-corrected chi connectivity index (χ3v) is 3.96. The summed E-state index contributed by atoms with van der Waals surface area (Å²) in [5.74, 6) is -0.539. The van der Waals surface area contributed by atoms with Crippen LogP contribution in [-0.2, 0) is 11.3 Å². The van der Waals surface area contributed by atoms with E-state index in [-0.39, 0.29) is 17.8 Å². The summed E-state index contributed by atoms with van der Waals surface area (Å²) in [5, 5.41) is 0.953. The van der Waals surface area contributed by atoms with Crippen LogP contribution < -0.4 is 4.57 Å². The van der Waals surface area contributed by atoms with Gasteiger partial charge >= 0.3 is 5.97 Å². The topological polar surface area (TPSA) is 47.2 Å². The zero-order valence-electron chi connectivity index (χ0n) is 12.8. The molecule has 0 N–H and O–H groups in total. The first-order valence-corrected chi connectivity index (χ1v) is 8.56. The van der Waals surface area contributed by atoms with E-state index in [2.05, 4.69) is 15.9 Å². The molecular weight excluding hydrogens is 370 g/mol. The van der Waals surface area contributed by atoms with E-state index in [9.17, 15) is 9.59 Å². The number of carbonyl (C=O) groups excluding carboxylic acids is 2. The first kappa shape index (κ1) is 16.3. The van der Waals surface area contributed by atoms with Gasteiger partial charge in [0.25, 0.3) is 5.69 Å². The Hall–Kier alpha value is -2.53. The number of nitrogens with zero attached hydrogens (tertiary/aromatic N) is 1. The maximum Gasteiger partial charge on any atom is 0.404 e. The van der Waals surface area contributed by atoms with E-state index in [4.69, 9.17) is 4.74 Å². The Morgan fingerprint density at radius 2 is 1.62 bits per heavy atom. The predicted octanol–water partition coefficient (Wildman–Crippen LogP) is 3.52. The maximum atomic E-state index is 12.6. The number of hydrogen-bond acceptors (Lipinski definition) is 3. The average Bonchev–Trinajstić information content (AvgIpc) is 2.63. The number of esters is 1. The number of fused-ring (bicyclic) bond motifs is 1. The molecule has 0 aliphatic carbocycles. The Kier molecular flexibility index (Phi) is 5.01. The van der Waals surface area contributed by atoms with Gasteiger partial charge in [0.1, 0.15) is 5.52 Å². The molecule has 1 heterocycles. The van der Waals surface area contributed by atoms with Crippen molar-refractivity contribution in [2.24, 2.45) is 0 Å².